The number of hydrogen-bond donors (Lipinski definition) is 0. The van der Waals surface area contributed by atoms with Crippen LogP contribution >= 0.6 is 15.9 Å². The Morgan fingerprint density at radius 3 is 2.85 bits per heavy atom. The summed E-state index contributed by atoms with van der Waals surface area (Å²) >= 11 is 3.18. The average molecular weight is 423 g/mol. The van der Waals surface area contributed by atoms with Crippen molar-refractivity contribution in [1.82, 2.24) is 4.74 Å². The number of fused-ring (bicyclic) bond motifs is 2. The van der Waals surface area contributed by atoms with Crippen molar-refractivity contribution in [3.63, 3.8) is 0 Å². The maximum atomic E-state index is 13.7. The van der Waals surface area contributed by atoms with E-state index >= 15 is 0 Å². The highest BCUT2D eigenvalue weighted by Gasteiger charge is 2.44. The summed E-state index contributed by atoms with van der Waals surface area (Å²) < 4.78 is 26.2. The van der Waals surface area contributed by atoms with Gasteiger partial charge in [-0.15, -0.1) is 0 Å². The summed E-state index contributed by atoms with van der Waals surface area (Å²) in [5, 5.41) is 0. The number of benzene rings is 1. The van der Waals surface area contributed by atoms with Crippen LogP contribution in [0.5, 0.6) is 0 Å². The Bertz CT molecular complexity index is 978. The number of rotatable bonds is 3. The standard InChI is InChI=1S/C18H16BrFN2O4/c1-2-5-22-17-16(18(24)26-22)14(9-3-4-11(20)10(19)6-9)15-12(21-17)7-25-8-13(15)23/h3-4,6,14-15H,2,5,7-8H2,1H3. The van der Waals surface area contributed by atoms with Crippen molar-refractivity contribution >= 4 is 33.2 Å². The Balaban J connectivity index is 1.96. The average Bonchev–Trinajstić information content (AvgIpc) is 2.92. The van der Waals surface area contributed by atoms with Crippen molar-refractivity contribution in [2.45, 2.75) is 25.8 Å². The van der Waals surface area contributed by atoms with E-state index < -0.39 is 23.3 Å². The summed E-state index contributed by atoms with van der Waals surface area (Å²) in [6.07, 6.45) is 0.764. The molecule has 2 aliphatic heterocycles. The van der Waals surface area contributed by atoms with Crippen LogP contribution in [-0.4, -0.2) is 29.4 Å². The van der Waals surface area contributed by atoms with Crippen LogP contribution in [0.25, 0.3) is 0 Å². The fourth-order valence-electron chi connectivity index (χ4n) is 3.62. The van der Waals surface area contributed by atoms with Crippen LogP contribution in [0.3, 0.4) is 0 Å². The predicted molar refractivity (Wildman–Crippen MR) is 95.6 cm³/mol. The highest BCUT2D eigenvalue weighted by Crippen LogP contribution is 2.43. The number of halogens is 2. The third-order valence-electron chi connectivity index (χ3n) is 4.71. The number of nitrogens with zero attached hydrogens (tertiary/aromatic N) is 2. The number of ether oxygens (including phenoxy) is 1. The molecule has 2 aliphatic rings. The van der Waals surface area contributed by atoms with E-state index in [2.05, 4.69) is 20.9 Å². The van der Waals surface area contributed by atoms with E-state index in [4.69, 9.17) is 9.26 Å². The molecule has 26 heavy (non-hydrogen) atoms. The Hall–Kier alpha value is -2.06. The molecule has 2 unspecified atom stereocenters. The summed E-state index contributed by atoms with van der Waals surface area (Å²) in [4.78, 5) is 29.7. The Morgan fingerprint density at radius 2 is 2.12 bits per heavy atom. The summed E-state index contributed by atoms with van der Waals surface area (Å²) in [5.41, 5.74) is 1.07. The lowest BCUT2D eigenvalue weighted by Crippen LogP contribution is -2.43. The summed E-state index contributed by atoms with van der Waals surface area (Å²) in [6, 6.07) is 4.52. The van der Waals surface area contributed by atoms with Crippen molar-refractivity contribution < 1.29 is 18.4 Å². The number of Topliss-reactive ketones (excluding diaryl/α,β-unsaturated/α-hetero) is 1. The number of aryl methyl sites for hydroxylation is 1. The second kappa shape index (κ2) is 6.59. The molecular weight excluding hydrogens is 407 g/mol. The molecule has 4 rings (SSSR count). The lowest BCUT2D eigenvalue weighted by Gasteiger charge is -2.33. The highest BCUT2D eigenvalue weighted by atomic mass is 79.9. The molecule has 0 spiro atoms. The molecule has 2 aromatic rings. The van der Waals surface area contributed by atoms with Gasteiger partial charge in [-0.2, -0.15) is 4.74 Å². The molecule has 8 heteroatoms. The van der Waals surface area contributed by atoms with Gasteiger partial charge in [0, 0.05) is 5.92 Å². The third kappa shape index (κ3) is 2.68. The Kier molecular flexibility index (Phi) is 4.40. The van der Waals surface area contributed by atoms with Gasteiger partial charge in [0.25, 0.3) is 0 Å². The number of carbonyl (C=O) groups is 1. The van der Waals surface area contributed by atoms with E-state index in [1.807, 2.05) is 6.92 Å². The zero-order chi connectivity index (χ0) is 18.4. The second-order valence-corrected chi connectivity index (χ2v) is 7.26. The van der Waals surface area contributed by atoms with Gasteiger partial charge in [-0.3, -0.25) is 4.79 Å². The van der Waals surface area contributed by atoms with E-state index in [1.165, 1.54) is 10.8 Å². The van der Waals surface area contributed by atoms with Gasteiger partial charge in [-0.1, -0.05) is 13.0 Å². The predicted octanol–water partition coefficient (Wildman–Crippen LogP) is 3.19. The molecule has 0 amide bonds. The van der Waals surface area contributed by atoms with Gasteiger partial charge < -0.3 is 9.26 Å². The minimum Gasteiger partial charge on any atom is -0.368 e. The SMILES string of the molecule is CCCn1oc(=O)c2c1N=C1COCC(=O)C1C2c1ccc(F)c(Br)c1. The van der Waals surface area contributed by atoms with Gasteiger partial charge >= 0.3 is 5.63 Å². The molecule has 0 bridgehead atoms. The minimum atomic E-state index is -0.603. The van der Waals surface area contributed by atoms with Crippen LogP contribution in [0, 0.1) is 11.7 Å². The lowest BCUT2D eigenvalue weighted by molar-refractivity contribution is -0.127. The number of aliphatic imine (C=N–C) groups is 1. The van der Waals surface area contributed by atoms with Gasteiger partial charge in [-0.05, 0) is 40.0 Å². The first-order chi connectivity index (χ1) is 12.5. The monoisotopic (exact) mass is 422 g/mol. The summed E-state index contributed by atoms with van der Waals surface area (Å²) in [6.45, 7) is 2.66. The van der Waals surface area contributed by atoms with Gasteiger partial charge in [-0.25, -0.2) is 14.2 Å². The largest absolute Gasteiger partial charge is 0.368 e. The number of carbonyl (C=O) groups excluding carboxylic acids is 1. The summed E-state index contributed by atoms with van der Waals surface area (Å²) in [7, 11) is 0. The molecule has 3 heterocycles. The van der Waals surface area contributed by atoms with Gasteiger partial charge in [0.2, 0.25) is 0 Å². The molecule has 136 valence electrons. The maximum Gasteiger partial charge on any atom is 0.363 e. The highest BCUT2D eigenvalue weighted by molar-refractivity contribution is 9.10. The smallest absolute Gasteiger partial charge is 0.363 e. The van der Waals surface area contributed by atoms with E-state index in [9.17, 15) is 14.0 Å². The summed E-state index contributed by atoms with van der Waals surface area (Å²) in [5.74, 6) is -1.30. The van der Waals surface area contributed by atoms with Crippen molar-refractivity contribution in [1.29, 1.82) is 0 Å². The molecule has 0 aliphatic carbocycles. The minimum absolute atomic E-state index is 0.0289. The molecule has 1 fully saturated rings. The Labute approximate surface area is 156 Å². The number of hydrogen-bond acceptors (Lipinski definition) is 5. The van der Waals surface area contributed by atoms with Crippen LogP contribution in [0.1, 0.15) is 30.4 Å². The lowest BCUT2D eigenvalue weighted by atomic mass is 9.74. The maximum absolute atomic E-state index is 13.7. The van der Waals surface area contributed by atoms with Crippen LogP contribution in [-0.2, 0) is 16.1 Å². The van der Waals surface area contributed by atoms with Crippen LogP contribution in [0.2, 0.25) is 0 Å². The van der Waals surface area contributed by atoms with E-state index in [0.717, 1.165) is 6.42 Å². The fraction of sp³-hybridized carbons (Fsp3) is 0.389. The molecule has 0 saturated carbocycles. The van der Waals surface area contributed by atoms with Crippen molar-refractivity contribution in [3.05, 3.63) is 50.0 Å². The topological polar surface area (TPSA) is 73.8 Å². The molecule has 6 nitrogen and oxygen atoms in total. The van der Waals surface area contributed by atoms with E-state index in [1.54, 1.807) is 12.1 Å². The normalized spacial score (nSPS) is 22.0. The molecule has 0 N–H and O–H groups in total. The van der Waals surface area contributed by atoms with Crippen molar-refractivity contribution in [2.24, 2.45) is 10.9 Å². The van der Waals surface area contributed by atoms with Crippen molar-refractivity contribution in [2.75, 3.05) is 13.2 Å². The zero-order valence-electron chi connectivity index (χ0n) is 14.0. The molecule has 1 saturated heterocycles. The second-order valence-electron chi connectivity index (χ2n) is 6.41. The van der Waals surface area contributed by atoms with Crippen molar-refractivity contribution in [3.8, 4) is 0 Å². The first kappa shape index (κ1) is 17.4. The van der Waals surface area contributed by atoms with Gasteiger partial charge in [0.1, 0.15) is 12.4 Å². The van der Waals surface area contributed by atoms with E-state index in [-0.39, 0.29) is 23.5 Å². The van der Waals surface area contributed by atoms with E-state index in [0.29, 0.717) is 29.2 Å². The molecule has 1 aromatic carbocycles. The molecule has 1 aromatic heterocycles. The molecular formula is C18H16BrFN2O4. The van der Waals surface area contributed by atoms with Gasteiger partial charge in [0.15, 0.2) is 11.6 Å². The molecule has 2 atom stereocenters. The quantitative estimate of drug-likeness (QED) is 0.760. The Morgan fingerprint density at radius 1 is 1.31 bits per heavy atom. The fourth-order valence-corrected chi connectivity index (χ4v) is 4.02. The van der Waals surface area contributed by atoms with Crippen LogP contribution in [0.15, 0.2) is 37.0 Å². The first-order valence-electron chi connectivity index (χ1n) is 8.38. The van der Waals surface area contributed by atoms with Crippen LogP contribution < -0.4 is 5.63 Å². The first-order valence-corrected chi connectivity index (χ1v) is 9.17. The zero-order valence-corrected chi connectivity index (χ0v) is 15.6. The molecule has 0 radical (unpaired) electrons. The van der Waals surface area contributed by atoms with Gasteiger partial charge in [0.05, 0.1) is 34.8 Å². The van der Waals surface area contributed by atoms with Crippen LogP contribution in [0.4, 0.5) is 10.2 Å². The third-order valence-corrected chi connectivity index (χ3v) is 5.32. The number of aromatic nitrogens is 1. The number of ketones is 1.